The van der Waals surface area contributed by atoms with Gasteiger partial charge in [0.1, 0.15) is 6.10 Å². The third kappa shape index (κ3) is 4.65. The van der Waals surface area contributed by atoms with Gasteiger partial charge < -0.3 is 15.2 Å². The lowest BCUT2D eigenvalue weighted by Gasteiger charge is -2.15. The van der Waals surface area contributed by atoms with Crippen molar-refractivity contribution in [3.8, 4) is 0 Å². The highest BCUT2D eigenvalue weighted by Crippen LogP contribution is 2.25. The summed E-state index contributed by atoms with van der Waals surface area (Å²) in [7, 11) is 0. The van der Waals surface area contributed by atoms with E-state index in [4.69, 9.17) is 4.74 Å². The van der Waals surface area contributed by atoms with Crippen LogP contribution in [0, 0.1) is 6.92 Å². The number of rotatable bonds is 6. The maximum absolute atomic E-state index is 12.2. The van der Waals surface area contributed by atoms with E-state index in [9.17, 15) is 9.90 Å². The summed E-state index contributed by atoms with van der Waals surface area (Å²) in [5, 5.41) is 13.5. The summed E-state index contributed by atoms with van der Waals surface area (Å²) in [4.78, 5) is 16.4. The fraction of sp³-hybridized carbons (Fsp3) is 0.400. The summed E-state index contributed by atoms with van der Waals surface area (Å²) >= 11 is 0. The summed E-state index contributed by atoms with van der Waals surface area (Å²) in [6.45, 7) is 2.74. The van der Waals surface area contributed by atoms with E-state index in [-0.39, 0.29) is 12.0 Å². The molecule has 1 amide bonds. The monoisotopic (exact) mass is 340 g/mol. The Morgan fingerprint density at radius 1 is 1.40 bits per heavy atom. The number of aliphatic hydroxyl groups is 1. The lowest BCUT2D eigenvalue weighted by molar-refractivity contribution is -0.116. The molecule has 0 bridgehead atoms. The number of nitrogens with one attached hydrogen (secondary N) is 1. The van der Waals surface area contributed by atoms with Crippen molar-refractivity contribution in [2.45, 2.75) is 44.8 Å². The van der Waals surface area contributed by atoms with Crippen LogP contribution in [0.3, 0.4) is 0 Å². The van der Waals surface area contributed by atoms with Gasteiger partial charge in [-0.3, -0.25) is 9.78 Å². The predicted molar refractivity (Wildman–Crippen MR) is 96.3 cm³/mol. The quantitative estimate of drug-likeness (QED) is 0.846. The number of pyridine rings is 1. The first-order valence-corrected chi connectivity index (χ1v) is 8.74. The number of hydrogen-bond donors (Lipinski definition) is 2. The first kappa shape index (κ1) is 17.6. The number of nitrogens with zero attached hydrogens (tertiary/aromatic N) is 1. The van der Waals surface area contributed by atoms with Gasteiger partial charge in [-0.25, -0.2) is 0 Å². The third-order valence-corrected chi connectivity index (χ3v) is 4.54. The number of benzene rings is 1. The van der Waals surface area contributed by atoms with E-state index in [1.54, 1.807) is 12.3 Å². The van der Waals surface area contributed by atoms with Crippen LogP contribution in [0.15, 0.2) is 42.6 Å². The lowest BCUT2D eigenvalue weighted by atomic mass is 10.0. The van der Waals surface area contributed by atoms with Crippen LogP contribution >= 0.6 is 0 Å². The molecule has 132 valence electrons. The molecule has 0 unspecified atom stereocenters. The van der Waals surface area contributed by atoms with Crippen molar-refractivity contribution < 1.29 is 14.6 Å². The fourth-order valence-electron chi connectivity index (χ4n) is 3.03. The van der Waals surface area contributed by atoms with Gasteiger partial charge in [-0.05, 0) is 55.5 Å². The third-order valence-electron chi connectivity index (χ3n) is 4.54. The normalized spacial score (nSPS) is 18.1. The van der Waals surface area contributed by atoms with E-state index in [1.807, 2.05) is 37.3 Å². The topological polar surface area (TPSA) is 71.5 Å². The van der Waals surface area contributed by atoms with Crippen LogP contribution in [0.2, 0.25) is 0 Å². The van der Waals surface area contributed by atoms with Gasteiger partial charge in [0.25, 0.3) is 0 Å². The summed E-state index contributed by atoms with van der Waals surface area (Å²) < 4.78 is 5.56. The standard InChI is InChI=1S/C20H24N2O3/c1-14-7-8-15(20(24)17-6-2-3-11-21-17)13-18(14)22-19(23)10-9-16-5-4-12-25-16/h2-3,6-8,11,13,16,20,24H,4-5,9-10,12H2,1H3,(H,22,23)/t16-,20-/m0/s1. The zero-order valence-electron chi connectivity index (χ0n) is 14.4. The summed E-state index contributed by atoms with van der Waals surface area (Å²) in [6.07, 6.45) is 4.36. The molecule has 5 nitrogen and oxygen atoms in total. The summed E-state index contributed by atoms with van der Waals surface area (Å²) in [6, 6.07) is 11.0. The van der Waals surface area contributed by atoms with Gasteiger partial charge in [0.05, 0.1) is 11.8 Å². The smallest absolute Gasteiger partial charge is 0.224 e. The molecule has 0 spiro atoms. The Morgan fingerprint density at radius 2 is 2.28 bits per heavy atom. The number of anilines is 1. The Hall–Kier alpha value is -2.24. The highest BCUT2D eigenvalue weighted by atomic mass is 16.5. The largest absolute Gasteiger partial charge is 0.382 e. The highest BCUT2D eigenvalue weighted by Gasteiger charge is 2.18. The number of carbonyl (C=O) groups excluding carboxylic acids is 1. The van der Waals surface area contributed by atoms with Crippen molar-refractivity contribution >= 4 is 11.6 Å². The number of aryl methyl sites for hydroxylation is 1. The Kier molecular flexibility index (Phi) is 5.79. The Bertz CT molecular complexity index is 712. The summed E-state index contributed by atoms with van der Waals surface area (Å²) in [5.74, 6) is -0.0249. The number of aliphatic hydroxyl groups excluding tert-OH is 1. The number of carbonyl (C=O) groups is 1. The molecule has 0 radical (unpaired) electrons. The second kappa shape index (κ2) is 8.23. The number of amides is 1. The fourth-order valence-corrected chi connectivity index (χ4v) is 3.03. The van der Waals surface area contributed by atoms with Gasteiger partial charge in [-0.1, -0.05) is 18.2 Å². The van der Waals surface area contributed by atoms with Crippen LogP contribution in [0.25, 0.3) is 0 Å². The first-order chi connectivity index (χ1) is 12.1. The van der Waals surface area contributed by atoms with E-state index in [0.29, 0.717) is 17.7 Å². The maximum Gasteiger partial charge on any atom is 0.224 e. The van der Waals surface area contributed by atoms with Crippen LogP contribution < -0.4 is 5.32 Å². The van der Waals surface area contributed by atoms with Crippen LogP contribution in [-0.4, -0.2) is 28.7 Å². The van der Waals surface area contributed by atoms with E-state index < -0.39 is 6.10 Å². The summed E-state index contributed by atoms with van der Waals surface area (Å²) in [5.41, 5.74) is 2.98. The second-order valence-corrected chi connectivity index (χ2v) is 6.45. The average molecular weight is 340 g/mol. The minimum absolute atomic E-state index is 0.0249. The van der Waals surface area contributed by atoms with Crippen LogP contribution in [0.1, 0.15) is 48.6 Å². The molecule has 1 fully saturated rings. The van der Waals surface area contributed by atoms with E-state index >= 15 is 0 Å². The van der Waals surface area contributed by atoms with Gasteiger partial charge in [0.2, 0.25) is 5.91 Å². The molecular formula is C20H24N2O3. The molecule has 3 rings (SSSR count). The maximum atomic E-state index is 12.2. The van der Waals surface area contributed by atoms with E-state index in [1.165, 1.54) is 0 Å². The van der Waals surface area contributed by atoms with Crippen LogP contribution in [-0.2, 0) is 9.53 Å². The van der Waals surface area contributed by atoms with Crippen molar-refractivity contribution in [3.63, 3.8) is 0 Å². The predicted octanol–water partition coefficient (Wildman–Crippen LogP) is 3.37. The van der Waals surface area contributed by atoms with Gasteiger partial charge in [0.15, 0.2) is 0 Å². The van der Waals surface area contributed by atoms with Crippen molar-refractivity contribution in [2.24, 2.45) is 0 Å². The highest BCUT2D eigenvalue weighted by molar-refractivity contribution is 5.91. The van der Waals surface area contributed by atoms with Gasteiger partial charge >= 0.3 is 0 Å². The molecule has 1 aliphatic heterocycles. The molecule has 1 saturated heterocycles. The zero-order chi connectivity index (χ0) is 17.6. The molecule has 1 aromatic carbocycles. The average Bonchev–Trinajstić information content (AvgIpc) is 3.15. The van der Waals surface area contributed by atoms with Gasteiger partial charge in [-0.2, -0.15) is 0 Å². The minimum Gasteiger partial charge on any atom is -0.382 e. The van der Waals surface area contributed by atoms with Crippen molar-refractivity contribution in [3.05, 3.63) is 59.4 Å². The Labute approximate surface area is 148 Å². The SMILES string of the molecule is Cc1ccc([C@H](O)c2ccccn2)cc1NC(=O)CC[C@@H]1CCCO1. The number of ether oxygens (including phenoxy) is 1. The first-order valence-electron chi connectivity index (χ1n) is 8.74. The van der Waals surface area contributed by atoms with E-state index in [2.05, 4.69) is 10.3 Å². The van der Waals surface area contributed by atoms with Gasteiger partial charge in [-0.15, -0.1) is 0 Å². The number of aromatic nitrogens is 1. The van der Waals surface area contributed by atoms with E-state index in [0.717, 1.165) is 37.1 Å². The molecule has 5 heteroatoms. The molecule has 25 heavy (non-hydrogen) atoms. The molecule has 1 aliphatic rings. The van der Waals surface area contributed by atoms with Crippen molar-refractivity contribution in [2.75, 3.05) is 11.9 Å². The lowest BCUT2D eigenvalue weighted by Crippen LogP contribution is -2.16. The molecule has 0 aliphatic carbocycles. The molecule has 0 saturated carbocycles. The molecule has 1 aromatic heterocycles. The van der Waals surface area contributed by atoms with Crippen molar-refractivity contribution in [1.29, 1.82) is 0 Å². The molecule has 2 N–H and O–H groups in total. The zero-order valence-corrected chi connectivity index (χ0v) is 14.4. The number of hydrogen-bond acceptors (Lipinski definition) is 4. The van der Waals surface area contributed by atoms with Crippen molar-refractivity contribution in [1.82, 2.24) is 4.98 Å². The van der Waals surface area contributed by atoms with Gasteiger partial charge in [0, 0.05) is 24.9 Å². The minimum atomic E-state index is -0.815. The van der Waals surface area contributed by atoms with Crippen LogP contribution in [0.4, 0.5) is 5.69 Å². The Morgan fingerprint density at radius 3 is 3.00 bits per heavy atom. The molecule has 2 atom stereocenters. The second-order valence-electron chi connectivity index (χ2n) is 6.45. The molecule has 2 aromatic rings. The molecule has 2 heterocycles. The molecular weight excluding hydrogens is 316 g/mol. The Balaban J connectivity index is 1.65. The van der Waals surface area contributed by atoms with Crippen LogP contribution in [0.5, 0.6) is 0 Å².